The van der Waals surface area contributed by atoms with Gasteiger partial charge in [-0.3, -0.25) is 0 Å². The standard InChI is InChI=1S/C11H14Cl3N/c1-11(7-12,8-13)15-6-9-4-2-3-5-10(9)14/h2-5,15H,6-8H2,1H3. The molecule has 1 nitrogen and oxygen atoms in total. The van der Waals surface area contributed by atoms with E-state index in [4.69, 9.17) is 34.8 Å². The maximum Gasteiger partial charge on any atom is 0.0450 e. The van der Waals surface area contributed by atoms with Gasteiger partial charge < -0.3 is 5.32 Å². The van der Waals surface area contributed by atoms with E-state index in [-0.39, 0.29) is 5.54 Å². The van der Waals surface area contributed by atoms with Crippen LogP contribution in [0.2, 0.25) is 5.02 Å². The Bertz CT molecular complexity index is 310. The molecule has 0 spiro atoms. The molecule has 0 aliphatic rings. The number of benzene rings is 1. The van der Waals surface area contributed by atoms with Crippen LogP contribution in [0.15, 0.2) is 24.3 Å². The quantitative estimate of drug-likeness (QED) is 0.802. The van der Waals surface area contributed by atoms with Crippen molar-refractivity contribution in [3.8, 4) is 0 Å². The third-order valence-electron chi connectivity index (χ3n) is 2.25. The molecule has 0 saturated heterocycles. The molecule has 0 fully saturated rings. The van der Waals surface area contributed by atoms with E-state index in [0.717, 1.165) is 10.6 Å². The summed E-state index contributed by atoms with van der Waals surface area (Å²) in [6, 6.07) is 7.73. The molecule has 1 aromatic rings. The van der Waals surface area contributed by atoms with Crippen LogP contribution in [-0.4, -0.2) is 17.3 Å². The van der Waals surface area contributed by atoms with Crippen molar-refractivity contribution in [3.05, 3.63) is 34.9 Å². The number of halogens is 3. The molecular weight excluding hydrogens is 252 g/mol. The summed E-state index contributed by atoms with van der Waals surface area (Å²) in [5.74, 6) is 0.946. The Kier molecular flexibility index (Phi) is 5.20. The minimum atomic E-state index is -0.248. The van der Waals surface area contributed by atoms with Crippen LogP contribution < -0.4 is 5.32 Å². The molecule has 0 saturated carbocycles. The largest absolute Gasteiger partial charge is 0.305 e. The van der Waals surface area contributed by atoms with Gasteiger partial charge in [0, 0.05) is 28.9 Å². The second-order valence-electron chi connectivity index (χ2n) is 3.77. The Morgan fingerprint density at radius 3 is 2.33 bits per heavy atom. The van der Waals surface area contributed by atoms with Gasteiger partial charge in [-0.1, -0.05) is 29.8 Å². The molecule has 84 valence electrons. The van der Waals surface area contributed by atoms with Gasteiger partial charge in [0.2, 0.25) is 0 Å². The molecule has 0 unspecified atom stereocenters. The second-order valence-corrected chi connectivity index (χ2v) is 4.71. The van der Waals surface area contributed by atoms with Crippen LogP contribution in [0, 0.1) is 0 Å². The van der Waals surface area contributed by atoms with Gasteiger partial charge in [-0.05, 0) is 18.6 Å². The number of hydrogen-bond acceptors (Lipinski definition) is 1. The van der Waals surface area contributed by atoms with Gasteiger partial charge in [0.1, 0.15) is 0 Å². The molecule has 0 amide bonds. The first-order chi connectivity index (χ1) is 7.11. The van der Waals surface area contributed by atoms with E-state index in [1.807, 2.05) is 31.2 Å². The minimum Gasteiger partial charge on any atom is -0.305 e. The fourth-order valence-electron chi connectivity index (χ4n) is 1.08. The first kappa shape index (κ1) is 13.1. The van der Waals surface area contributed by atoms with Crippen molar-refractivity contribution in [2.75, 3.05) is 11.8 Å². The topological polar surface area (TPSA) is 12.0 Å². The third kappa shape index (κ3) is 3.84. The molecule has 15 heavy (non-hydrogen) atoms. The lowest BCUT2D eigenvalue weighted by molar-refractivity contribution is 0.435. The summed E-state index contributed by atoms with van der Waals surface area (Å²) in [4.78, 5) is 0. The maximum absolute atomic E-state index is 6.03. The highest BCUT2D eigenvalue weighted by Gasteiger charge is 2.21. The molecule has 0 heterocycles. The number of nitrogens with one attached hydrogen (secondary N) is 1. The van der Waals surface area contributed by atoms with Gasteiger partial charge >= 0.3 is 0 Å². The zero-order valence-electron chi connectivity index (χ0n) is 8.56. The molecular formula is C11H14Cl3N. The van der Waals surface area contributed by atoms with E-state index >= 15 is 0 Å². The number of alkyl halides is 2. The van der Waals surface area contributed by atoms with E-state index < -0.39 is 0 Å². The summed E-state index contributed by atoms with van der Waals surface area (Å²) in [7, 11) is 0. The van der Waals surface area contributed by atoms with Gasteiger partial charge in [0.25, 0.3) is 0 Å². The van der Waals surface area contributed by atoms with Crippen molar-refractivity contribution in [1.29, 1.82) is 0 Å². The highest BCUT2D eigenvalue weighted by atomic mass is 35.5. The SMILES string of the molecule is CC(CCl)(CCl)NCc1ccccc1Cl. The summed E-state index contributed by atoms with van der Waals surface area (Å²) >= 11 is 17.7. The van der Waals surface area contributed by atoms with Crippen LogP contribution in [0.5, 0.6) is 0 Å². The first-order valence-electron chi connectivity index (χ1n) is 4.72. The van der Waals surface area contributed by atoms with Crippen molar-refractivity contribution < 1.29 is 0 Å². The normalized spacial score (nSPS) is 11.7. The predicted molar refractivity (Wildman–Crippen MR) is 68.1 cm³/mol. The monoisotopic (exact) mass is 265 g/mol. The van der Waals surface area contributed by atoms with Crippen LogP contribution in [-0.2, 0) is 6.54 Å². The van der Waals surface area contributed by atoms with Gasteiger partial charge in [-0.2, -0.15) is 0 Å². The lowest BCUT2D eigenvalue weighted by Crippen LogP contribution is -2.45. The molecule has 0 bridgehead atoms. The Morgan fingerprint density at radius 1 is 1.20 bits per heavy atom. The number of rotatable bonds is 5. The van der Waals surface area contributed by atoms with E-state index in [1.165, 1.54) is 0 Å². The predicted octanol–water partition coefficient (Wildman–Crippen LogP) is 3.67. The lowest BCUT2D eigenvalue weighted by atomic mass is 10.1. The summed E-state index contributed by atoms with van der Waals surface area (Å²) in [5.41, 5.74) is 0.808. The Hall–Kier alpha value is 0.0500. The van der Waals surface area contributed by atoms with Crippen molar-refractivity contribution >= 4 is 34.8 Å². The molecule has 1 rings (SSSR count). The Labute approximate surface area is 106 Å². The van der Waals surface area contributed by atoms with Crippen molar-refractivity contribution in [2.45, 2.75) is 19.0 Å². The average Bonchev–Trinajstić information content (AvgIpc) is 2.28. The average molecular weight is 267 g/mol. The molecule has 0 aliphatic carbocycles. The van der Waals surface area contributed by atoms with Gasteiger partial charge in [0.05, 0.1) is 0 Å². The van der Waals surface area contributed by atoms with Gasteiger partial charge in [-0.15, -0.1) is 23.2 Å². The van der Waals surface area contributed by atoms with Gasteiger partial charge in [-0.25, -0.2) is 0 Å². The third-order valence-corrected chi connectivity index (χ3v) is 3.80. The first-order valence-corrected chi connectivity index (χ1v) is 6.16. The Morgan fingerprint density at radius 2 is 1.80 bits per heavy atom. The number of hydrogen-bond donors (Lipinski definition) is 1. The van der Waals surface area contributed by atoms with Crippen LogP contribution >= 0.6 is 34.8 Å². The fraction of sp³-hybridized carbons (Fsp3) is 0.455. The molecule has 0 aliphatic heterocycles. The van der Waals surface area contributed by atoms with Gasteiger partial charge in [0.15, 0.2) is 0 Å². The fourth-order valence-corrected chi connectivity index (χ4v) is 1.76. The molecule has 0 aromatic heterocycles. The lowest BCUT2D eigenvalue weighted by Gasteiger charge is -2.26. The van der Waals surface area contributed by atoms with Crippen molar-refractivity contribution in [1.82, 2.24) is 5.32 Å². The summed E-state index contributed by atoms with van der Waals surface area (Å²) in [5, 5.41) is 4.06. The summed E-state index contributed by atoms with van der Waals surface area (Å²) < 4.78 is 0. The van der Waals surface area contributed by atoms with E-state index in [9.17, 15) is 0 Å². The highest BCUT2D eigenvalue weighted by Crippen LogP contribution is 2.16. The molecule has 0 radical (unpaired) electrons. The van der Waals surface area contributed by atoms with Crippen molar-refractivity contribution in [3.63, 3.8) is 0 Å². The van der Waals surface area contributed by atoms with Crippen LogP contribution in [0.25, 0.3) is 0 Å². The highest BCUT2D eigenvalue weighted by molar-refractivity contribution is 6.31. The summed E-state index contributed by atoms with van der Waals surface area (Å²) in [6.07, 6.45) is 0. The zero-order chi connectivity index (χ0) is 11.3. The van der Waals surface area contributed by atoms with Crippen LogP contribution in [0.1, 0.15) is 12.5 Å². The van der Waals surface area contributed by atoms with E-state index in [1.54, 1.807) is 0 Å². The van der Waals surface area contributed by atoms with Crippen LogP contribution in [0.4, 0.5) is 0 Å². The zero-order valence-corrected chi connectivity index (χ0v) is 10.8. The van der Waals surface area contributed by atoms with E-state index in [2.05, 4.69) is 5.32 Å². The van der Waals surface area contributed by atoms with Crippen molar-refractivity contribution in [2.24, 2.45) is 0 Å². The summed E-state index contributed by atoms with van der Waals surface area (Å²) in [6.45, 7) is 2.67. The van der Waals surface area contributed by atoms with Crippen LogP contribution in [0.3, 0.4) is 0 Å². The minimum absolute atomic E-state index is 0.248. The van der Waals surface area contributed by atoms with E-state index in [0.29, 0.717) is 18.3 Å². The maximum atomic E-state index is 6.03. The smallest absolute Gasteiger partial charge is 0.0450 e. The second kappa shape index (κ2) is 5.95. The molecule has 1 N–H and O–H groups in total. The Balaban J connectivity index is 2.61. The molecule has 0 atom stereocenters. The molecule has 4 heteroatoms. The molecule has 1 aromatic carbocycles.